The molecule has 5 rings (SSSR count). The number of hydrogen-bond donors (Lipinski definition) is 1. The number of carbonyl (C=O) groups is 1. The zero-order chi connectivity index (χ0) is 26.1. The van der Waals surface area contributed by atoms with Crippen LogP contribution in [0.1, 0.15) is 31.0 Å². The third-order valence-electron chi connectivity index (χ3n) is 5.99. The van der Waals surface area contributed by atoms with Gasteiger partial charge in [0.25, 0.3) is 5.89 Å². The van der Waals surface area contributed by atoms with Crippen LogP contribution in [0.15, 0.2) is 76.2 Å². The maximum absolute atomic E-state index is 13.3. The van der Waals surface area contributed by atoms with E-state index in [0.717, 1.165) is 5.69 Å². The summed E-state index contributed by atoms with van der Waals surface area (Å²) in [6.07, 6.45) is 1.54. The van der Waals surface area contributed by atoms with E-state index in [4.69, 9.17) is 16.1 Å². The lowest BCUT2D eigenvalue weighted by atomic mass is 10.0. The number of amides is 1. The van der Waals surface area contributed by atoms with Gasteiger partial charge in [-0.2, -0.15) is 4.98 Å². The number of nitrogens with one attached hydrogen (secondary N) is 1. The van der Waals surface area contributed by atoms with Gasteiger partial charge in [0.1, 0.15) is 17.8 Å². The van der Waals surface area contributed by atoms with E-state index in [9.17, 15) is 9.59 Å². The Balaban J connectivity index is 1.50. The molecule has 186 valence electrons. The summed E-state index contributed by atoms with van der Waals surface area (Å²) in [7, 11) is 0. The third kappa shape index (κ3) is 5.15. The predicted octanol–water partition coefficient (Wildman–Crippen LogP) is 5.84. The molecule has 1 N–H and O–H groups in total. The van der Waals surface area contributed by atoms with Crippen LogP contribution in [0.4, 0.5) is 5.69 Å². The van der Waals surface area contributed by atoms with E-state index in [-0.39, 0.29) is 29.3 Å². The Kier molecular flexibility index (Phi) is 6.58. The van der Waals surface area contributed by atoms with Gasteiger partial charge in [-0.1, -0.05) is 42.7 Å². The molecule has 3 heterocycles. The summed E-state index contributed by atoms with van der Waals surface area (Å²) in [5, 5.41) is 7.87. The molecule has 0 aliphatic rings. The quantitative estimate of drug-likeness (QED) is 0.306. The summed E-state index contributed by atoms with van der Waals surface area (Å²) >= 11 is 5.97. The number of pyridine rings is 2. The van der Waals surface area contributed by atoms with Crippen LogP contribution in [-0.4, -0.2) is 25.6 Å². The molecule has 9 heteroatoms. The SMILES string of the molecule is Cc1ccc2c(=O)c(-c3nc(-c4ccc(Cl)cc4)no3)cn(CC(=O)Nc3ccc(C(C)C)cc3)c2n1. The van der Waals surface area contributed by atoms with Gasteiger partial charge in [0.2, 0.25) is 17.2 Å². The Bertz CT molecular complexity index is 1650. The monoisotopic (exact) mass is 513 g/mol. The van der Waals surface area contributed by atoms with Crippen molar-refractivity contribution in [3.8, 4) is 22.8 Å². The number of nitrogens with zero attached hydrogens (tertiary/aromatic N) is 4. The second-order valence-electron chi connectivity index (χ2n) is 9.08. The number of anilines is 1. The molecule has 0 saturated heterocycles. The topological polar surface area (TPSA) is 103 Å². The fraction of sp³-hybridized carbons (Fsp3) is 0.179. The van der Waals surface area contributed by atoms with Gasteiger partial charge in [-0.25, -0.2) is 4.98 Å². The minimum absolute atomic E-state index is 0.0517. The van der Waals surface area contributed by atoms with E-state index in [2.05, 4.69) is 34.3 Å². The van der Waals surface area contributed by atoms with Crippen molar-refractivity contribution in [2.24, 2.45) is 0 Å². The molecule has 0 aliphatic heterocycles. The van der Waals surface area contributed by atoms with Crippen LogP contribution in [0.5, 0.6) is 0 Å². The molecule has 37 heavy (non-hydrogen) atoms. The standard InChI is InChI=1S/C28H24ClN5O3/c1-16(2)18-7-11-21(12-8-18)31-24(35)15-34-14-23(25(36)22-13-4-17(3)30-27(22)34)28-32-26(33-37-28)19-5-9-20(29)10-6-19/h4-14,16H,15H2,1-3H3,(H,31,35). The predicted molar refractivity (Wildman–Crippen MR) is 144 cm³/mol. The van der Waals surface area contributed by atoms with Gasteiger partial charge in [-0.15, -0.1) is 0 Å². The molecule has 2 aromatic carbocycles. The van der Waals surface area contributed by atoms with Crippen LogP contribution in [0.25, 0.3) is 33.9 Å². The van der Waals surface area contributed by atoms with Crippen molar-refractivity contribution in [2.75, 3.05) is 5.32 Å². The first-order chi connectivity index (χ1) is 17.8. The average molecular weight is 514 g/mol. The number of aryl methyl sites for hydroxylation is 1. The molecule has 0 spiro atoms. The molecule has 0 fully saturated rings. The molecule has 3 aromatic heterocycles. The Morgan fingerprint density at radius 1 is 1.03 bits per heavy atom. The van der Waals surface area contributed by atoms with Gasteiger partial charge in [-0.3, -0.25) is 9.59 Å². The van der Waals surface area contributed by atoms with Gasteiger partial charge >= 0.3 is 0 Å². The van der Waals surface area contributed by atoms with Gasteiger partial charge in [0.15, 0.2) is 0 Å². The number of aromatic nitrogens is 4. The highest BCUT2D eigenvalue weighted by molar-refractivity contribution is 6.30. The summed E-state index contributed by atoms with van der Waals surface area (Å²) in [5.74, 6) is 0.511. The van der Waals surface area contributed by atoms with E-state index in [1.54, 1.807) is 41.0 Å². The second kappa shape index (κ2) is 9.99. The van der Waals surface area contributed by atoms with Gasteiger partial charge in [0, 0.05) is 28.2 Å². The Labute approximate surface area is 217 Å². The molecule has 0 unspecified atom stereocenters. The van der Waals surface area contributed by atoms with E-state index >= 15 is 0 Å². The van der Waals surface area contributed by atoms with Gasteiger partial charge < -0.3 is 14.4 Å². The number of rotatable bonds is 6. The highest BCUT2D eigenvalue weighted by Gasteiger charge is 2.19. The first-order valence-electron chi connectivity index (χ1n) is 11.8. The third-order valence-corrected chi connectivity index (χ3v) is 6.25. The van der Waals surface area contributed by atoms with E-state index in [0.29, 0.717) is 39.0 Å². The number of hydrogen-bond acceptors (Lipinski definition) is 6. The summed E-state index contributed by atoms with van der Waals surface area (Å²) in [4.78, 5) is 35.3. The van der Waals surface area contributed by atoms with Gasteiger partial charge in [-0.05, 0) is 66.9 Å². The Morgan fingerprint density at radius 3 is 2.46 bits per heavy atom. The van der Waals surface area contributed by atoms with Crippen molar-refractivity contribution in [2.45, 2.75) is 33.2 Å². The maximum Gasteiger partial charge on any atom is 0.263 e. The van der Waals surface area contributed by atoms with Crippen molar-refractivity contribution in [1.82, 2.24) is 19.7 Å². The van der Waals surface area contributed by atoms with Gasteiger partial charge in [0.05, 0.1) is 5.39 Å². The zero-order valence-corrected chi connectivity index (χ0v) is 21.3. The molecule has 5 aromatic rings. The molecular formula is C28H24ClN5O3. The molecule has 0 atom stereocenters. The highest BCUT2D eigenvalue weighted by atomic mass is 35.5. The van der Waals surface area contributed by atoms with Crippen LogP contribution >= 0.6 is 11.6 Å². The first kappa shape index (κ1) is 24.4. The van der Waals surface area contributed by atoms with Crippen molar-refractivity contribution < 1.29 is 9.32 Å². The average Bonchev–Trinajstić information content (AvgIpc) is 3.36. The number of halogens is 1. The first-order valence-corrected chi connectivity index (χ1v) is 12.2. The van der Waals surface area contributed by atoms with E-state index in [1.165, 1.54) is 11.8 Å². The smallest absolute Gasteiger partial charge is 0.263 e. The van der Waals surface area contributed by atoms with Crippen LogP contribution in [0, 0.1) is 6.92 Å². The fourth-order valence-electron chi connectivity index (χ4n) is 3.99. The van der Waals surface area contributed by atoms with E-state index < -0.39 is 0 Å². The fourth-order valence-corrected chi connectivity index (χ4v) is 4.11. The Hall–Kier alpha value is -4.30. The number of benzene rings is 2. The summed E-state index contributed by atoms with van der Waals surface area (Å²) < 4.78 is 7.07. The number of carbonyl (C=O) groups excluding carboxylic acids is 1. The second-order valence-corrected chi connectivity index (χ2v) is 9.51. The minimum Gasteiger partial charge on any atom is -0.333 e. The van der Waals surface area contributed by atoms with Crippen molar-refractivity contribution >= 4 is 34.2 Å². The van der Waals surface area contributed by atoms with Crippen molar-refractivity contribution in [3.05, 3.63) is 93.4 Å². The summed E-state index contributed by atoms with van der Waals surface area (Å²) in [6.45, 7) is 5.99. The molecule has 0 radical (unpaired) electrons. The zero-order valence-electron chi connectivity index (χ0n) is 20.5. The summed E-state index contributed by atoms with van der Waals surface area (Å²) in [5.41, 5.74) is 3.56. The largest absolute Gasteiger partial charge is 0.333 e. The van der Waals surface area contributed by atoms with Crippen LogP contribution in [-0.2, 0) is 11.3 Å². The van der Waals surface area contributed by atoms with Crippen LogP contribution in [0.3, 0.4) is 0 Å². The molecule has 8 nitrogen and oxygen atoms in total. The molecule has 0 bridgehead atoms. The lowest BCUT2D eigenvalue weighted by Crippen LogP contribution is -2.22. The molecule has 0 aliphatic carbocycles. The Morgan fingerprint density at radius 2 is 1.76 bits per heavy atom. The summed E-state index contributed by atoms with van der Waals surface area (Å²) in [6, 6.07) is 18.2. The lowest BCUT2D eigenvalue weighted by molar-refractivity contribution is -0.116. The van der Waals surface area contributed by atoms with E-state index in [1.807, 2.05) is 31.2 Å². The molecule has 1 amide bonds. The minimum atomic E-state index is -0.310. The lowest BCUT2D eigenvalue weighted by Gasteiger charge is -2.13. The molecule has 0 saturated carbocycles. The highest BCUT2D eigenvalue weighted by Crippen LogP contribution is 2.24. The van der Waals surface area contributed by atoms with Crippen molar-refractivity contribution in [3.63, 3.8) is 0 Å². The number of fused-ring (bicyclic) bond motifs is 1. The van der Waals surface area contributed by atoms with Crippen LogP contribution < -0.4 is 10.7 Å². The van der Waals surface area contributed by atoms with Crippen molar-refractivity contribution in [1.29, 1.82) is 0 Å². The van der Waals surface area contributed by atoms with Crippen LogP contribution in [0.2, 0.25) is 5.02 Å². The molecular weight excluding hydrogens is 490 g/mol. The maximum atomic E-state index is 13.3. The normalized spacial score (nSPS) is 11.3.